The first kappa shape index (κ1) is 24.9. The molecule has 4 rings (SSSR count). The number of rotatable bonds is 7. The molecule has 2 heterocycles. The van der Waals surface area contributed by atoms with Gasteiger partial charge in [-0.05, 0) is 102 Å². The van der Waals surface area contributed by atoms with Crippen LogP contribution in [0.25, 0.3) is 22.3 Å². The van der Waals surface area contributed by atoms with Crippen LogP contribution in [0.3, 0.4) is 0 Å². The first-order valence-electron chi connectivity index (χ1n) is 12.5. The summed E-state index contributed by atoms with van der Waals surface area (Å²) in [5, 5.41) is 13.9. The highest BCUT2D eigenvalue weighted by atomic mass is 16.5. The Morgan fingerprint density at radius 3 is 2.46 bits per heavy atom. The zero-order valence-electron chi connectivity index (χ0n) is 21.4. The lowest BCUT2D eigenvalue weighted by Gasteiger charge is -2.31. The van der Waals surface area contributed by atoms with E-state index in [1.165, 1.54) is 0 Å². The standard InChI is InChI=1S/C28H36N4O3/c1-6-35-28(34)22-15-29-24-12-11-23(20-13-17(2)27(33)18(3)14-20)31-26(24)25(22)30-21-9-7-19(8-10-21)16-32(4)5/h11-15,19,21,33H,6-10,16H2,1-5H3,(H,29,30). The molecule has 0 atom stereocenters. The largest absolute Gasteiger partial charge is 0.507 e. The van der Waals surface area contributed by atoms with Crippen LogP contribution in [0.4, 0.5) is 5.69 Å². The summed E-state index contributed by atoms with van der Waals surface area (Å²) in [6.07, 6.45) is 5.98. The van der Waals surface area contributed by atoms with Gasteiger partial charge in [0.15, 0.2) is 0 Å². The smallest absolute Gasteiger partial charge is 0.341 e. The summed E-state index contributed by atoms with van der Waals surface area (Å²) in [7, 11) is 4.25. The van der Waals surface area contributed by atoms with Gasteiger partial charge in [0.1, 0.15) is 16.8 Å². The van der Waals surface area contributed by atoms with Crippen molar-refractivity contribution in [1.82, 2.24) is 14.9 Å². The molecule has 7 heteroatoms. The number of phenolic OH excluding ortho intramolecular Hbond substituents is 1. The van der Waals surface area contributed by atoms with Crippen molar-refractivity contribution in [2.75, 3.05) is 32.6 Å². The monoisotopic (exact) mass is 476 g/mol. The summed E-state index contributed by atoms with van der Waals surface area (Å²) in [5.41, 5.74) is 5.77. The Hall–Kier alpha value is -3.19. The Kier molecular flexibility index (Phi) is 7.55. The fraction of sp³-hybridized carbons (Fsp3) is 0.464. The molecule has 1 saturated carbocycles. The summed E-state index contributed by atoms with van der Waals surface area (Å²) in [6.45, 7) is 6.97. The van der Waals surface area contributed by atoms with E-state index >= 15 is 0 Å². The summed E-state index contributed by atoms with van der Waals surface area (Å²) in [6, 6.07) is 7.98. The van der Waals surface area contributed by atoms with Crippen molar-refractivity contribution >= 4 is 22.7 Å². The lowest BCUT2D eigenvalue weighted by molar-refractivity contribution is 0.0527. The number of ether oxygens (including phenoxy) is 1. The van der Waals surface area contributed by atoms with Gasteiger partial charge in [0.05, 0.1) is 23.5 Å². The van der Waals surface area contributed by atoms with E-state index < -0.39 is 5.97 Å². The number of esters is 1. The van der Waals surface area contributed by atoms with Crippen molar-refractivity contribution in [3.05, 3.63) is 47.2 Å². The number of hydrogen-bond acceptors (Lipinski definition) is 7. The van der Waals surface area contributed by atoms with Crippen LogP contribution in [0.2, 0.25) is 0 Å². The van der Waals surface area contributed by atoms with Crippen LogP contribution in [0.1, 0.15) is 54.1 Å². The molecule has 186 valence electrons. The third kappa shape index (κ3) is 5.56. The van der Waals surface area contributed by atoms with E-state index in [0.29, 0.717) is 35.0 Å². The Bertz CT molecular complexity index is 1190. The van der Waals surface area contributed by atoms with Crippen molar-refractivity contribution in [3.63, 3.8) is 0 Å². The Balaban J connectivity index is 1.73. The van der Waals surface area contributed by atoms with Crippen LogP contribution in [-0.4, -0.2) is 59.2 Å². The van der Waals surface area contributed by atoms with Crippen LogP contribution in [-0.2, 0) is 4.74 Å². The number of benzene rings is 1. The Morgan fingerprint density at radius 1 is 1.14 bits per heavy atom. The number of carbonyl (C=O) groups excluding carboxylic acids is 1. The molecule has 1 fully saturated rings. The van der Waals surface area contributed by atoms with E-state index in [0.717, 1.165) is 60.1 Å². The SMILES string of the molecule is CCOC(=O)c1cnc2ccc(-c3cc(C)c(O)c(C)c3)nc2c1NC1CCC(CN(C)C)CC1. The van der Waals surface area contributed by atoms with Crippen molar-refractivity contribution in [2.24, 2.45) is 5.92 Å². The number of nitrogens with one attached hydrogen (secondary N) is 1. The molecule has 7 nitrogen and oxygen atoms in total. The summed E-state index contributed by atoms with van der Waals surface area (Å²) >= 11 is 0. The molecule has 1 aliphatic carbocycles. The van der Waals surface area contributed by atoms with E-state index in [4.69, 9.17) is 9.72 Å². The number of hydrogen-bond donors (Lipinski definition) is 2. The molecule has 2 aromatic heterocycles. The lowest BCUT2D eigenvalue weighted by atomic mass is 9.85. The second kappa shape index (κ2) is 10.6. The molecule has 0 aliphatic heterocycles. The number of anilines is 1. The van der Waals surface area contributed by atoms with E-state index in [-0.39, 0.29) is 6.04 Å². The zero-order valence-corrected chi connectivity index (χ0v) is 21.4. The molecule has 2 N–H and O–H groups in total. The molecule has 0 spiro atoms. The quantitative estimate of drug-likeness (QED) is 0.446. The van der Waals surface area contributed by atoms with Crippen LogP contribution in [0.15, 0.2) is 30.5 Å². The average Bonchev–Trinajstić information content (AvgIpc) is 2.83. The maximum absolute atomic E-state index is 12.8. The molecule has 0 saturated heterocycles. The van der Waals surface area contributed by atoms with Gasteiger partial charge in [-0.15, -0.1) is 0 Å². The average molecular weight is 477 g/mol. The Labute approximate surface area is 207 Å². The highest BCUT2D eigenvalue weighted by Crippen LogP contribution is 2.34. The fourth-order valence-electron chi connectivity index (χ4n) is 5.05. The molecular formula is C28H36N4O3. The Morgan fingerprint density at radius 2 is 1.83 bits per heavy atom. The van der Waals surface area contributed by atoms with E-state index in [9.17, 15) is 9.90 Å². The molecule has 0 radical (unpaired) electrons. The molecule has 1 aromatic carbocycles. The number of pyridine rings is 2. The second-order valence-corrected chi connectivity index (χ2v) is 9.91. The summed E-state index contributed by atoms with van der Waals surface area (Å²) < 4.78 is 5.35. The summed E-state index contributed by atoms with van der Waals surface area (Å²) in [4.78, 5) is 24.6. The third-order valence-electron chi connectivity index (χ3n) is 6.81. The first-order valence-corrected chi connectivity index (χ1v) is 12.5. The number of phenols is 1. The normalized spacial score (nSPS) is 18.1. The highest BCUT2D eigenvalue weighted by Gasteiger charge is 2.25. The van der Waals surface area contributed by atoms with Gasteiger partial charge in [-0.1, -0.05) is 0 Å². The highest BCUT2D eigenvalue weighted by molar-refractivity contribution is 6.04. The van der Waals surface area contributed by atoms with E-state index in [1.807, 2.05) is 38.1 Å². The number of nitrogens with zero attached hydrogens (tertiary/aromatic N) is 3. The molecule has 3 aromatic rings. The van der Waals surface area contributed by atoms with Crippen LogP contribution < -0.4 is 5.32 Å². The predicted octanol–water partition coefficient (Wildman–Crippen LogP) is 5.33. The topological polar surface area (TPSA) is 87.6 Å². The minimum Gasteiger partial charge on any atom is -0.507 e. The molecule has 1 aliphatic rings. The second-order valence-electron chi connectivity index (χ2n) is 9.91. The van der Waals surface area contributed by atoms with Crippen molar-refractivity contribution in [2.45, 2.75) is 52.5 Å². The van der Waals surface area contributed by atoms with Gasteiger partial charge < -0.3 is 20.1 Å². The third-order valence-corrected chi connectivity index (χ3v) is 6.81. The molecule has 35 heavy (non-hydrogen) atoms. The maximum atomic E-state index is 12.8. The minimum absolute atomic E-state index is 0.260. The lowest BCUT2D eigenvalue weighted by Crippen LogP contribution is -2.31. The molecule has 0 unspecified atom stereocenters. The summed E-state index contributed by atoms with van der Waals surface area (Å²) in [5.74, 6) is 0.606. The van der Waals surface area contributed by atoms with E-state index in [1.54, 1.807) is 13.1 Å². The number of aryl methyl sites for hydroxylation is 2. The van der Waals surface area contributed by atoms with Gasteiger partial charge in [0.25, 0.3) is 0 Å². The van der Waals surface area contributed by atoms with Crippen molar-refractivity contribution < 1.29 is 14.6 Å². The number of fused-ring (bicyclic) bond motifs is 1. The van der Waals surface area contributed by atoms with Crippen LogP contribution in [0.5, 0.6) is 5.75 Å². The van der Waals surface area contributed by atoms with Crippen molar-refractivity contribution in [3.8, 4) is 17.0 Å². The van der Waals surface area contributed by atoms with Gasteiger partial charge in [0.2, 0.25) is 0 Å². The zero-order chi connectivity index (χ0) is 25.1. The number of carbonyl (C=O) groups is 1. The predicted molar refractivity (Wildman–Crippen MR) is 140 cm³/mol. The fourth-order valence-corrected chi connectivity index (χ4v) is 5.05. The molecule has 0 amide bonds. The minimum atomic E-state index is -0.394. The van der Waals surface area contributed by atoms with Gasteiger partial charge in [-0.25, -0.2) is 9.78 Å². The first-order chi connectivity index (χ1) is 16.8. The van der Waals surface area contributed by atoms with Gasteiger partial charge in [-0.2, -0.15) is 0 Å². The van der Waals surface area contributed by atoms with Gasteiger partial charge >= 0.3 is 5.97 Å². The van der Waals surface area contributed by atoms with Crippen molar-refractivity contribution in [1.29, 1.82) is 0 Å². The molecular weight excluding hydrogens is 440 g/mol. The van der Waals surface area contributed by atoms with Gasteiger partial charge in [0, 0.05) is 24.3 Å². The number of aromatic hydroxyl groups is 1. The van der Waals surface area contributed by atoms with E-state index in [2.05, 4.69) is 29.3 Å². The van der Waals surface area contributed by atoms with Crippen LogP contribution in [0, 0.1) is 19.8 Å². The molecule has 0 bridgehead atoms. The maximum Gasteiger partial charge on any atom is 0.341 e. The number of aromatic nitrogens is 2. The van der Waals surface area contributed by atoms with Gasteiger partial charge in [-0.3, -0.25) is 4.98 Å². The van der Waals surface area contributed by atoms with Crippen LogP contribution >= 0.6 is 0 Å².